The molecule has 1 amide bonds. The average Bonchev–Trinajstić information content (AvgIpc) is 3.04. The van der Waals surface area contributed by atoms with E-state index in [1.807, 2.05) is 0 Å². The lowest BCUT2D eigenvalue weighted by Gasteiger charge is -2.34. The standard InChI is InChI=1S/C16H16ClF3N4O2/c17-12-3-1-11(2-4-12)15-21-13(26-22-15)5-6-23-7-8-24(14(25)9-23)10-16(18,19)20/h1-4H,5-10H2. The maximum atomic E-state index is 12.4. The highest BCUT2D eigenvalue weighted by Gasteiger charge is 2.35. The normalized spacial score (nSPS) is 16.3. The van der Waals surface area contributed by atoms with Crippen molar-refractivity contribution in [1.29, 1.82) is 0 Å². The number of halogens is 4. The van der Waals surface area contributed by atoms with Crippen LogP contribution in [0.15, 0.2) is 28.8 Å². The lowest BCUT2D eigenvalue weighted by atomic mass is 10.2. The molecular formula is C16H16ClF3N4O2. The van der Waals surface area contributed by atoms with Gasteiger partial charge in [-0.3, -0.25) is 9.69 Å². The molecular weight excluding hydrogens is 373 g/mol. The van der Waals surface area contributed by atoms with Crippen LogP contribution >= 0.6 is 11.6 Å². The maximum Gasteiger partial charge on any atom is 0.406 e. The number of carbonyl (C=O) groups excluding carboxylic acids is 1. The Labute approximate surface area is 152 Å². The van der Waals surface area contributed by atoms with E-state index in [9.17, 15) is 18.0 Å². The first-order valence-electron chi connectivity index (χ1n) is 7.95. The summed E-state index contributed by atoms with van der Waals surface area (Å²) < 4.78 is 42.4. The Hall–Kier alpha value is -2.13. The van der Waals surface area contributed by atoms with E-state index in [4.69, 9.17) is 16.1 Å². The van der Waals surface area contributed by atoms with Gasteiger partial charge in [0.2, 0.25) is 17.6 Å². The molecule has 10 heteroatoms. The predicted octanol–water partition coefficient (Wildman–Crippen LogP) is 2.64. The van der Waals surface area contributed by atoms with Crippen molar-refractivity contribution in [2.24, 2.45) is 0 Å². The van der Waals surface area contributed by atoms with Crippen molar-refractivity contribution >= 4 is 17.5 Å². The third-order valence-electron chi connectivity index (χ3n) is 3.98. The van der Waals surface area contributed by atoms with E-state index in [2.05, 4.69) is 10.1 Å². The molecule has 2 heterocycles. The van der Waals surface area contributed by atoms with Crippen molar-refractivity contribution in [1.82, 2.24) is 19.9 Å². The van der Waals surface area contributed by atoms with Gasteiger partial charge < -0.3 is 9.42 Å². The molecule has 0 radical (unpaired) electrons. The second kappa shape index (κ2) is 7.63. The zero-order chi connectivity index (χ0) is 18.7. The first-order chi connectivity index (χ1) is 12.3. The zero-order valence-electron chi connectivity index (χ0n) is 13.7. The average molecular weight is 389 g/mol. The molecule has 26 heavy (non-hydrogen) atoms. The Morgan fingerprint density at radius 1 is 1.19 bits per heavy atom. The third kappa shape index (κ3) is 4.95. The maximum absolute atomic E-state index is 12.4. The fourth-order valence-electron chi connectivity index (χ4n) is 2.66. The highest BCUT2D eigenvalue weighted by molar-refractivity contribution is 6.30. The van der Waals surface area contributed by atoms with E-state index < -0.39 is 18.6 Å². The molecule has 0 unspecified atom stereocenters. The molecule has 1 fully saturated rings. The first kappa shape index (κ1) is 18.7. The summed E-state index contributed by atoms with van der Waals surface area (Å²) in [6.07, 6.45) is -3.97. The number of rotatable bonds is 5. The van der Waals surface area contributed by atoms with Crippen molar-refractivity contribution in [3.63, 3.8) is 0 Å². The van der Waals surface area contributed by atoms with Crippen LogP contribution in [0.5, 0.6) is 0 Å². The minimum atomic E-state index is -4.38. The topological polar surface area (TPSA) is 62.5 Å². The van der Waals surface area contributed by atoms with Crippen molar-refractivity contribution in [2.45, 2.75) is 12.6 Å². The Bertz CT molecular complexity index is 764. The molecule has 6 nitrogen and oxygen atoms in total. The van der Waals surface area contributed by atoms with Crippen molar-refractivity contribution in [2.75, 3.05) is 32.7 Å². The van der Waals surface area contributed by atoms with E-state index in [1.54, 1.807) is 29.2 Å². The smallest absolute Gasteiger partial charge is 0.339 e. The van der Waals surface area contributed by atoms with Gasteiger partial charge in [-0.25, -0.2) is 0 Å². The number of aromatic nitrogens is 2. The first-order valence-corrected chi connectivity index (χ1v) is 8.33. The molecule has 1 aliphatic rings. The Morgan fingerprint density at radius 2 is 1.92 bits per heavy atom. The number of nitrogens with zero attached hydrogens (tertiary/aromatic N) is 4. The van der Waals surface area contributed by atoms with E-state index in [1.165, 1.54) is 0 Å². The van der Waals surface area contributed by atoms with Crippen LogP contribution in [0.1, 0.15) is 5.89 Å². The lowest BCUT2D eigenvalue weighted by Crippen LogP contribution is -2.53. The number of amides is 1. The lowest BCUT2D eigenvalue weighted by molar-refractivity contribution is -0.165. The van der Waals surface area contributed by atoms with E-state index in [0.717, 1.165) is 10.5 Å². The Morgan fingerprint density at radius 3 is 2.58 bits per heavy atom. The van der Waals surface area contributed by atoms with Crippen LogP contribution in [-0.4, -0.2) is 64.7 Å². The molecule has 0 aliphatic carbocycles. The third-order valence-corrected chi connectivity index (χ3v) is 4.23. The molecule has 0 saturated carbocycles. The molecule has 1 aliphatic heterocycles. The van der Waals surface area contributed by atoms with Gasteiger partial charge in [0.1, 0.15) is 6.54 Å². The highest BCUT2D eigenvalue weighted by Crippen LogP contribution is 2.20. The van der Waals surface area contributed by atoms with Crippen LogP contribution in [0.2, 0.25) is 5.02 Å². The summed E-state index contributed by atoms with van der Waals surface area (Å²) in [5.41, 5.74) is 0.764. The van der Waals surface area contributed by atoms with Gasteiger partial charge in [-0.1, -0.05) is 16.8 Å². The van der Waals surface area contributed by atoms with Crippen LogP contribution in [0.25, 0.3) is 11.4 Å². The quantitative estimate of drug-likeness (QED) is 0.788. The van der Waals surface area contributed by atoms with E-state index >= 15 is 0 Å². The summed E-state index contributed by atoms with van der Waals surface area (Å²) in [6, 6.07) is 6.99. The number of carbonyl (C=O) groups is 1. The summed E-state index contributed by atoms with van der Waals surface area (Å²) in [7, 11) is 0. The van der Waals surface area contributed by atoms with Gasteiger partial charge in [-0.2, -0.15) is 18.2 Å². The molecule has 0 bridgehead atoms. The van der Waals surface area contributed by atoms with Gasteiger partial charge in [0, 0.05) is 36.6 Å². The summed E-state index contributed by atoms with van der Waals surface area (Å²) in [4.78, 5) is 18.7. The van der Waals surface area contributed by atoms with Crippen molar-refractivity contribution < 1.29 is 22.5 Å². The van der Waals surface area contributed by atoms with E-state index in [-0.39, 0.29) is 13.1 Å². The van der Waals surface area contributed by atoms with Crippen LogP contribution in [-0.2, 0) is 11.2 Å². The fraction of sp³-hybridized carbons (Fsp3) is 0.438. The molecule has 2 aromatic rings. The van der Waals surface area contributed by atoms with Gasteiger partial charge in [-0.05, 0) is 24.3 Å². The number of alkyl halides is 3. The van der Waals surface area contributed by atoms with Gasteiger partial charge in [0.15, 0.2) is 0 Å². The molecule has 0 atom stereocenters. The van der Waals surface area contributed by atoms with Gasteiger partial charge in [-0.15, -0.1) is 0 Å². The van der Waals surface area contributed by atoms with Crippen LogP contribution in [0.3, 0.4) is 0 Å². The molecule has 0 N–H and O–H groups in total. The number of hydrogen-bond donors (Lipinski definition) is 0. The molecule has 1 aromatic carbocycles. The SMILES string of the molecule is O=C1CN(CCc2nc(-c3ccc(Cl)cc3)no2)CCN1CC(F)(F)F. The number of benzene rings is 1. The van der Waals surface area contributed by atoms with Crippen molar-refractivity contribution in [3.8, 4) is 11.4 Å². The summed E-state index contributed by atoms with van der Waals surface area (Å²) >= 11 is 5.83. The van der Waals surface area contributed by atoms with E-state index in [0.29, 0.717) is 36.2 Å². The molecule has 3 rings (SSSR count). The predicted molar refractivity (Wildman–Crippen MR) is 87.5 cm³/mol. The van der Waals surface area contributed by atoms with Crippen LogP contribution in [0, 0.1) is 0 Å². The fourth-order valence-corrected chi connectivity index (χ4v) is 2.78. The second-order valence-electron chi connectivity index (χ2n) is 5.98. The minimum absolute atomic E-state index is 0.0474. The van der Waals surface area contributed by atoms with Gasteiger partial charge in [0.25, 0.3) is 0 Å². The molecule has 1 saturated heterocycles. The highest BCUT2D eigenvalue weighted by atomic mass is 35.5. The second-order valence-corrected chi connectivity index (χ2v) is 6.41. The monoisotopic (exact) mass is 388 g/mol. The Kier molecular flexibility index (Phi) is 5.47. The minimum Gasteiger partial charge on any atom is -0.339 e. The van der Waals surface area contributed by atoms with Crippen LogP contribution in [0.4, 0.5) is 13.2 Å². The van der Waals surface area contributed by atoms with Gasteiger partial charge >= 0.3 is 6.18 Å². The zero-order valence-corrected chi connectivity index (χ0v) is 14.4. The van der Waals surface area contributed by atoms with Crippen molar-refractivity contribution in [3.05, 3.63) is 35.2 Å². The number of piperazine rings is 1. The molecule has 140 valence electrons. The molecule has 0 spiro atoms. The summed E-state index contributed by atoms with van der Waals surface area (Å²) in [5.74, 6) is 0.309. The summed E-state index contributed by atoms with van der Waals surface area (Å²) in [6.45, 7) is -0.367. The van der Waals surface area contributed by atoms with Gasteiger partial charge in [0.05, 0.1) is 6.54 Å². The largest absolute Gasteiger partial charge is 0.406 e. The molecule has 1 aromatic heterocycles. The summed E-state index contributed by atoms with van der Waals surface area (Å²) in [5, 5.41) is 4.50. The number of hydrogen-bond acceptors (Lipinski definition) is 5. The van der Waals surface area contributed by atoms with Crippen LogP contribution < -0.4 is 0 Å². The Balaban J connectivity index is 1.51.